The van der Waals surface area contributed by atoms with Crippen LogP contribution in [-0.4, -0.2) is 103 Å². The van der Waals surface area contributed by atoms with Crippen LogP contribution in [0.25, 0.3) is 0 Å². The van der Waals surface area contributed by atoms with Crippen LogP contribution in [0.2, 0.25) is 0 Å². The molecule has 0 aromatic rings. The van der Waals surface area contributed by atoms with Crippen molar-refractivity contribution in [1.82, 2.24) is 0 Å². The molecule has 4 heavy (non-hydrogen) atoms. The molecule has 0 saturated heterocycles. The Balaban J connectivity index is 0. The SMILES string of the molecule is [Ba+2].[Ba+2].[O-2].[OH-]. The quantitative estimate of drug-likeness (QED) is 0.527. The van der Waals surface area contributed by atoms with Crippen LogP contribution in [0.4, 0.5) is 0 Å². The van der Waals surface area contributed by atoms with E-state index >= 15 is 0 Å². The van der Waals surface area contributed by atoms with Gasteiger partial charge in [-0.15, -0.1) is 0 Å². The van der Waals surface area contributed by atoms with Crippen molar-refractivity contribution in [2.45, 2.75) is 0 Å². The van der Waals surface area contributed by atoms with Gasteiger partial charge in [-0.05, 0) is 0 Å². The van der Waals surface area contributed by atoms with E-state index in [1.54, 1.807) is 0 Å². The van der Waals surface area contributed by atoms with Gasteiger partial charge in [-0.2, -0.15) is 0 Å². The molecule has 0 rings (SSSR count). The number of hydrogen-bond donors (Lipinski definition) is 0. The molecule has 0 atom stereocenters. The fourth-order valence-corrected chi connectivity index (χ4v) is 0. The first-order valence-corrected chi connectivity index (χ1v) is 0. The second-order valence-corrected chi connectivity index (χ2v) is 0. The zero-order valence-corrected chi connectivity index (χ0v) is 11.2. The normalized spacial score (nSPS) is 0. The summed E-state index contributed by atoms with van der Waals surface area (Å²) < 4.78 is 0. The second-order valence-electron chi connectivity index (χ2n) is 0. The van der Waals surface area contributed by atoms with Crippen molar-refractivity contribution in [3.8, 4) is 0 Å². The molecular formula is HBa2O2+. The van der Waals surface area contributed by atoms with E-state index in [1.807, 2.05) is 0 Å². The van der Waals surface area contributed by atoms with Crippen LogP contribution in [0.15, 0.2) is 0 Å². The van der Waals surface area contributed by atoms with Crippen LogP contribution in [0.5, 0.6) is 0 Å². The van der Waals surface area contributed by atoms with Gasteiger partial charge in [-0.25, -0.2) is 0 Å². The molecule has 0 aliphatic carbocycles. The Morgan fingerprint density at radius 3 is 0.750 bits per heavy atom. The van der Waals surface area contributed by atoms with Gasteiger partial charge in [0.05, 0.1) is 0 Å². The molecule has 0 aromatic heterocycles. The minimum atomic E-state index is 0. The van der Waals surface area contributed by atoms with Crippen LogP contribution in [-0.2, 0) is 5.48 Å². The Morgan fingerprint density at radius 2 is 0.750 bits per heavy atom. The molecule has 0 amide bonds. The Hall–Kier alpha value is 3.06. The molecule has 2 nitrogen and oxygen atoms in total. The van der Waals surface area contributed by atoms with Gasteiger partial charge in [-0.1, -0.05) is 0 Å². The molecule has 0 heterocycles. The van der Waals surface area contributed by atoms with Crippen molar-refractivity contribution in [3.05, 3.63) is 0 Å². The summed E-state index contributed by atoms with van der Waals surface area (Å²) in [6, 6.07) is 0. The van der Waals surface area contributed by atoms with Gasteiger partial charge in [0.25, 0.3) is 0 Å². The van der Waals surface area contributed by atoms with E-state index in [4.69, 9.17) is 0 Å². The Bertz CT molecular complexity index is 4.00. The minimum Gasteiger partial charge on any atom is -2.00 e. The van der Waals surface area contributed by atoms with Gasteiger partial charge in [0.15, 0.2) is 0 Å². The van der Waals surface area contributed by atoms with Crippen LogP contribution in [0, 0.1) is 0 Å². The summed E-state index contributed by atoms with van der Waals surface area (Å²) >= 11 is 0. The van der Waals surface area contributed by atoms with E-state index < -0.39 is 0 Å². The Labute approximate surface area is 105 Å². The summed E-state index contributed by atoms with van der Waals surface area (Å²) in [4.78, 5) is 0. The van der Waals surface area contributed by atoms with Gasteiger partial charge >= 0.3 is 97.8 Å². The van der Waals surface area contributed by atoms with E-state index in [0.717, 1.165) is 0 Å². The van der Waals surface area contributed by atoms with Gasteiger partial charge in [0.1, 0.15) is 0 Å². The second kappa shape index (κ2) is 16.6. The summed E-state index contributed by atoms with van der Waals surface area (Å²) in [6.45, 7) is 0. The summed E-state index contributed by atoms with van der Waals surface area (Å²) in [5.41, 5.74) is 0. The fourth-order valence-electron chi connectivity index (χ4n) is 0. The molecule has 0 radical (unpaired) electrons. The standard InChI is InChI=1S/2Ba.H2O.O/h;;1H2;/q2*+2;;-2/p-1. The molecule has 0 unspecified atom stereocenters. The van der Waals surface area contributed by atoms with E-state index in [-0.39, 0.29) is 109 Å². The van der Waals surface area contributed by atoms with Gasteiger partial charge < -0.3 is 11.0 Å². The Morgan fingerprint density at radius 1 is 0.750 bits per heavy atom. The van der Waals surface area contributed by atoms with Crippen molar-refractivity contribution in [1.29, 1.82) is 0 Å². The average Bonchev–Trinajstić information content (AvgIpc) is 0. The zero-order valence-electron chi connectivity index (χ0n) is 2.27. The van der Waals surface area contributed by atoms with Crippen LogP contribution >= 0.6 is 0 Å². The minimum absolute atomic E-state index is 0. The molecule has 0 spiro atoms. The van der Waals surface area contributed by atoms with Crippen molar-refractivity contribution >= 4 is 97.8 Å². The summed E-state index contributed by atoms with van der Waals surface area (Å²) in [7, 11) is 0. The molecule has 0 saturated carbocycles. The first-order chi connectivity index (χ1) is 0. The predicted molar refractivity (Wildman–Crippen MR) is 14.1 cm³/mol. The van der Waals surface area contributed by atoms with Crippen molar-refractivity contribution in [2.24, 2.45) is 0 Å². The molecule has 16 valence electrons. The number of hydrogen-bond acceptors (Lipinski definition) is 1. The predicted octanol–water partition coefficient (Wildman–Crippen LogP) is -1.06. The number of rotatable bonds is 0. The first-order valence-electron chi connectivity index (χ1n) is 0. The van der Waals surface area contributed by atoms with Crippen LogP contribution in [0.3, 0.4) is 0 Å². The van der Waals surface area contributed by atoms with E-state index in [9.17, 15) is 0 Å². The van der Waals surface area contributed by atoms with Crippen molar-refractivity contribution < 1.29 is 11.0 Å². The third-order valence-electron chi connectivity index (χ3n) is 0. The molecule has 0 fully saturated rings. The summed E-state index contributed by atoms with van der Waals surface area (Å²) in [5, 5.41) is 0. The summed E-state index contributed by atoms with van der Waals surface area (Å²) in [5.74, 6) is 0. The van der Waals surface area contributed by atoms with Crippen LogP contribution < -0.4 is 0 Å². The maximum atomic E-state index is 0. The smallest absolute Gasteiger partial charge is 2.00 e. The molecule has 4 heteroatoms. The molecular weight excluding hydrogens is 307 g/mol. The van der Waals surface area contributed by atoms with Gasteiger partial charge in [-0.3, -0.25) is 0 Å². The molecule has 0 bridgehead atoms. The monoisotopic (exact) mass is 309 g/mol. The first kappa shape index (κ1) is 27.7. The van der Waals surface area contributed by atoms with Crippen molar-refractivity contribution in [3.63, 3.8) is 0 Å². The van der Waals surface area contributed by atoms with Crippen LogP contribution in [0.1, 0.15) is 0 Å². The molecule has 1 N–H and O–H groups in total. The van der Waals surface area contributed by atoms with E-state index in [1.165, 1.54) is 0 Å². The zero-order chi connectivity index (χ0) is 0. The third-order valence-corrected chi connectivity index (χ3v) is 0. The van der Waals surface area contributed by atoms with Gasteiger partial charge in [0.2, 0.25) is 0 Å². The Kier molecular flexibility index (Phi) is 115. The van der Waals surface area contributed by atoms with E-state index in [2.05, 4.69) is 0 Å². The largest absolute Gasteiger partial charge is 2.00 e. The topological polar surface area (TPSA) is 58.5 Å². The van der Waals surface area contributed by atoms with Gasteiger partial charge in [0, 0.05) is 0 Å². The average molecular weight is 308 g/mol. The van der Waals surface area contributed by atoms with Crippen molar-refractivity contribution in [2.75, 3.05) is 0 Å². The maximum absolute atomic E-state index is 0. The molecule has 0 aliphatic rings. The molecule has 0 aliphatic heterocycles. The molecule has 0 aromatic carbocycles. The fraction of sp³-hybridized carbons (Fsp3) is 0. The van der Waals surface area contributed by atoms with E-state index in [0.29, 0.717) is 0 Å². The summed E-state index contributed by atoms with van der Waals surface area (Å²) in [6.07, 6.45) is 0. The third kappa shape index (κ3) is 8.91. The maximum Gasteiger partial charge on any atom is 2.00 e.